The molecule has 0 saturated heterocycles. The first kappa shape index (κ1) is 22.5. The lowest BCUT2D eigenvalue weighted by Gasteiger charge is -2.07. The number of nitrogens with zero attached hydrogens (tertiary/aromatic N) is 1. The van der Waals surface area contributed by atoms with Crippen LogP contribution in [-0.4, -0.2) is 37.1 Å². The summed E-state index contributed by atoms with van der Waals surface area (Å²) in [5.41, 5.74) is 3.28. The number of unbranched alkanes of at least 4 members (excludes halogenated alkanes) is 1. The van der Waals surface area contributed by atoms with Crippen molar-refractivity contribution in [3.8, 4) is 5.75 Å². The van der Waals surface area contributed by atoms with E-state index in [9.17, 15) is 18.8 Å². The lowest BCUT2D eigenvalue weighted by molar-refractivity contribution is -0.139. The predicted octanol–water partition coefficient (Wildman–Crippen LogP) is 2.21. The van der Waals surface area contributed by atoms with E-state index >= 15 is 0 Å². The Kier molecular flexibility index (Phi) is 8.98. The summed E-state index contributed by atoms with van der Waals surface area (Å²) in [6, 6.07) is 12.0. The van der Waals surface area contributed by atoms with E-state index in [0.29, 0.717) is 23.5 Å². The second-order valence-corrected chi connectivity index (χ2v) is 6.22. The van der Waals surface area contributed by atoms with Crippen molar-refractivity contribution in [1.82, 2.24) is 10.7 Å². The fourth-order valence-corrected chi connectivity index (χ4v) is 2.20. The Balaban J connectivity index is 1.74. The monoisotopic (exact) mass is 414 g/mol. The van der Waals surface area contributed by atoms with Gasteiger partial charge in [0.15, 0.2) is 6.61 Å². The van der Waals surface area contributed by atoms with Gasteiger partial charge in [-0.2, -0.15) is 5.10 Å². The predicted molar refractivity (Wildman–Crippen MR) is 111 cm³/mol. The molecule has 0 fully saturated rings. The third-order valence-corrected chi connectivity index (χ3v) is 3.78. The van der Waals surface area contributed by atoms with Crippen molar-refractivity contribution in [2.45, 2.75) is 19.8 Å². The van der Waals surface area contributed by atoms with Crippen LogP contribution in [0.3, 0.4) is 0 Å². The van der Waals surface area contributed by atoms with Crippen molar-refractivity contribution in [1.29, 1.82) is 0 Å². The Morgan fingerprint density at radius 1 is 1.03 bits per heavy atom. The molecule has 0 spiro atoms. The van der Waals surface area contributed by atoms with E-state index in [1.54, 1.807) is 24.3 Å². The topological polar surface area (TPSA) is 109 Å². The number of ether oxygens (including phenoxy) is 1. The SMILES string of the molecule is CCCCNC(=O)C(=O)NN=Cc1ccc(OCC(=O)Nc2ccc(F)cc2)cc1. The highest BCUT2D eigenvalue weighted by Gasteiger charge is 2.11. The summed E-state index contributed by atoms with van der Waals surface area (Å²) in [4.78, 5) is 34.9. The number of carbonyl (C=O) groups excluding carboxylic acids is 3. The normalized spacial score (nSPS) is 10.5. The summed E-state index contributed by atoms with van der Waals surface area (Å²) in [7, 11) is 0. The number of hydrazone groups is 1. The number of hydrogen-bond donors (Lipinski definition) is 3. The number of rotatable bonds is 9. The van der Waals surface area contributed by atoms with Gasteiger partial charge in [0.1, 0.15) is 11.6 Å². The van der Waals surface area contributed by atoms with Crippen molar-refractivity contribution in [3.63, 3.8) is 0 Å². The molecule has 0 unspecified atom stereocenters. The zero-order valence-electron chi connectivity index (χ0n) is 16.5. The third-order valence-electron chi connectivity index (χ3n) is 3.78. The number of amides is 3. The summed E-state index contributed by atoms with van der Waals surface area (Å²) in [5.74, 6) is -1.88. The van der Waals surface area contributed by atoms with Gasteiger partial charge in [-0.25, -0.2) is 9.82 Å². The second-order valence-electron chi connectivity index (χ2n) is 6.22. The first-order chi connectivity index (χ1) is 14.5. The van der Waals surface area contributed by atoms with E-state index < -0.39 is 11.8 Å². The molecule has 2 aromatic carbocycles. The molecule has 0 aliphatic carbocycles. The van der Waals surface area contributed by atoms with Crippen LogP contribution in [0.5, 0.6) is 5.75 Å². The third kappa shape index (κ3) is 8.09. The first-order valence-corrected chi connectivity index (χ1v) is 9.37. The highest BCUT2D eigenvalue weighted by Crippen LogP contribution is 2.12. The maximum atomic E-state index is 12.9. The molecule has 0 radical (unpaired) electrons. The van der Waals surface area contributed by atoms with Gasteiger partial charge < -0.3 is 15.4 Å². The molecule has 0 aliphatic rings. The van der Waals surface area contributed by atoms with Gasteiger partial charge in [-0.05, 0) is 60.5 Å². The first-order valence-electron chi connectivity index (χ1n) is 9.37. The number of nitrogens with one attached hydrogen (secondary N) is 3. The Morgan fingerprint density at radius 3 is 2.40 bits per heavy atom. The minimum absolute atomic E-state index is 0.214. The Hall–Kier alpha value is -3.75. The van der Waals surface area contributed by atoms with E-state index in [2.05, 4.69) is 21.2 Å². The van der Waals surface area contributed by atoms with E-state index in [4.69, 9.17) is 4.74 Å². The quantitative estimate of drug-likeness (QED) is 0.253. The van der Waals surface area contributed by atoms with Gasteiger partial charge in [-0.15, -0.1) is 0 Å². The summed E-state index contributed by atoms with van der Waals surface area (Å²) < 4.78 is 18.2. The van der Waals surface area contributed by atoms with Crippen LogP contribution in [0.1, 0.15) is 25.3 Å². The number of hydrogen-bond acceptors (Lipinski definition) is 5. The zero-order chi connectivity index (χ0) is 21.8. The average Bonchev–Trinajstić information content (AvgIpc) is 2.75. The zero-order valence-corrected chi connectivity index (χ0v) is 16.5. The van der Waals surface area contributed by atoms with Crippen molar-refractivity contribution in [3.05, 3.63) is 59.9 Å². The largest absolute Gasteiger partial charge is 0.484 e. The van der Waals surface area contributed by atoms with Crippen LogP contribution in [0.25, 0.3) is 0 Å². The average molecular weight is 414 g/mol. The molecule has 3 amide bonds. The highest BCUT2D eigenvalue weighted by molar-refractivity contribution is 6.35. The van der Waals surface area contributed by atoms with Crippen molar-refractivity contribution in [2.24, 2.45) is 5.10 Å². The summed E-state index contributed by atoms with van der Waals surface area (Å²) in [6.07, 6.45) is 3.09. The molecule has 30 heavy (non-hydrogen) atoms. The molecule has 0 bridgehead atoms. The molecule has 0 saturated carbocycles. The molecule has 3 N–H and O–H groups in total. The van der Waals surface area contributed by atoms with E-state index in [1.165, 1.54) is 30.5 Å². The van der Waals surface area contributed by atoms with Crippen molar-refractivity contribution < 1.29 is 23.5 Å². The van der Waals surface area contributed by atoms with Crippen LogP contribution in [0.15, 0.2) is 53.6 Å². The standard InChI is InChI=1S/C21H23FN4O4/c1-2-3-12-23-20(28)21(29)26-24-13-15-4-10-18(11-5-15)30-14-19(27)25-17-8-6-16(22)7-9-17/h4-11,13H,2-3,12,14H2,1H3,(H,23,28)(H,25,27)(H,26,29). The number of anilines is 1. The van der Waals surface area contributed by atoms with E-state index in [1.807, 2.05) is 6.92 Å². The number of benzene rings is 2. The van der Waals surface area contributed by atoms with Gasteiger partial charge in [-0.3, -0.25) is 14.4 Å². The van der Waals surface area contributed by atoms with Crippen LogP contribution >= 0.6 is 0 Å². The fourth-order valence-electron chi connectivity index (χ4n) is 2.20. The second kappa shape index (κ2) is 11.9. The number of halogens is 1. The van der Waals surface area contributed by atoms with E-state index in [0.717, 1.165) is 12.8 Å². The Labute approximate surface area is 173 Å². The molecule has 8 nitrogen and oxygen atoms in total. The van der Waals surface area contributed by atoms with E-state index in [-0.39, 0.29) is 18.3 Å². The van der Waals surface area contributed by atoms with Gasteiger partial charge >= 0.3 is 11.8 Å². The van der Waals surface area contributed by atoms with Gasteiger partial charge in [-0.1, -0.05) is 13.3 Å². The molecule has 0 atom stereocenters. The van der Waals surface area contributed by atoms with Crippen LogP contribution in [0, 0.1) is 5.82 Å². The minimum Gasteiger partial charge on any atom is -0.484 e. The Morgan fingerprint density at radius 2 is 1.73 bits per heavy atom. The number of carbonyl (C=O) groups is 3. The Bertz CT molecular complexity index is 883. The van der Waals surface area contributed by atoms with Gasteiger partial charge in [0.05, 0.1) is 6.21 Å². The molecule has 0 heterocycles. The van der Waals surface area contributed by atoms with Crippen LogP contribution < -0.4 is 20.8 Å². The summed E-state index contributed by atoms with van der Waals surface area (Å²) in [6.45, 7) is 2.21. The lowest BCUT2D eigenvalue weighted by Crippen LogP contribution is -2.38. The maximum absolute atomic E-state index is 12.9. The molecule has 158 valence electrons. The molecular formula is C21H23FN4O4. The van der Waals surface area contributed by atoms with Crippen LogP contribution in [0.4, 0.5) is 10.1 Å². The lowest BCUT2D eigenvalue weighted by atomic mass is 10.2. The minimum atomic E-state index is -0.838. The smallest absolute Gasteiger partial charge is 0.329 e. The fraction of sp³-hybridized carbons (Fsp3) is 0.238. The van der Waals surface area contributed by atoms with Crippen molar-refractivity contribution in [2.75, 3.05) is 18.5 Å². The summed E-state index contributed by atoms with van der Waals surface area (Å²) in [5, 5.41) is 8.81. The summed E-state index contributed by atoms with van der Waals surface area (Å²) >= 11 is 0. The molecule has 0 aliphatic heterocycles. The maximum Gasteiger partial charge on any atom is 0.329 e. The highest BCUT2D eigenvalue weighted by atomic mass is 19.1. The van der Waals surface area contributed by atoms with Crippen LogP contribution in [-0.2, 0) is 14.4 Å². The molecule has 2 aromatic rings. The van der Waals surface area contributed by atoms with Crippen molar-refractivity contribution >= 4 is 29.6 Å². The molecular weight excluding hydrogens is 391 g/mol. The van der Waals surface area contributed by atoms with Gasteiger partial charge in [0.25, 0.3) is 5.91 Å². The van der Waals surface area contributed by atoms with Gasteiger partial charge in [0.2, 0.25) is 0 Å². The molecule has 2 rings (SSSR count). The van der Waals surface area contributed by atoms with Crippen LogP contribution in [0.2, 0.25) is 0 Å². The van der Waals surface area contributed by atoms with Gasteiger partial charge in [0, 0.05) is 12.2 Å². The molecule has 9 heteroatoms. The molecule has 0 aromatic heterocycles.